The highest BCUT2D eigenvalue weighted by Crippen LogP contribution is 2.10. The van der Waals surface area contributed by atoms with Gasteiger partial charge in [0.2, 0.25) is 0 Å². The molecule has 2 N–H and O–H groups in total. The molecule has 0 aromatic carbocycles. The second-order valence-electron chi connectivity index (χ2n) is 4.20. The fourth-order valence-corrected chi connectivity index (χ4v) is 1.77. The molecule has 1 aliphatic rings. The van der Waals surface area contributed by atoms with Crippen LogP contribution in [0.2, 0.25) is 0 Å². The number of carbonyl (C=O) groups is 1. The molecule has 0 saturated carbocycles. The zero-order valence-electron chi connectivity index (χ0n) is 9.20. The number of hydrogen-bond donors (Lipinski definition) is 1. The van der Waals surface area contributed by atoms with E-state index in [9.17, 15) is 4.79 Å². The molecule has 0 aromatic rings. The Balaban J connectivity index is 2.35. The maximum absolute atomic E-state index is 11.8. The minimum Gasteiger partial charge on any atom is -0.330 e. The average molecular weight is 199 g/mol. The molecule has 0 radical (unpaired) electrons. The van der Waals surface area contributed by atoms with E-state index in [1.807, 2.05) is 11.9 Å². The average Bonchev–Trinajstić information content (AvgIpc) is 2.69. The highest BCUT2D eigenvalue weighted by Gasteiger charge is 2.21. The standard InChI is InChI=1S/C10H21N3O/c1-9(7-11)8-12(2)10(14)13-5-3-4-6-13/h9H,3-8,11H2,1-2H3. The van der Waals surface area contributed by atoms with Crippen molar-refractivity contribution in [3.05, 3.63) is 0 Å². The van der Waals surface area contributed by atoms with Crippen LogP contribution in [-0.4, -0.2) is 49.1 Å². The largest absolute Gasteiger partial charge is 0.330 e. The molecule has 1 atom stereocenters. The zero-order chi connectivity index (χ0) is 10.6. The lowest BCUT2D eigenvalue weighted by Gasteiger charge is -2.26. The lowest BCUT2D eigenvalue weighted by Crippen LogP contribution is -2.42. The molecule has 1 rings (SSSR count). The summed E-state index contributed by atoms with van der Waals surface area (Å²) in [5.74, 6) is 0.381. The molecule has 1 fully saturated rings. The Kier molecular flexibility index (Phi) is 4.20. The summed E-state index contributed by atoms with van der Waals surface area (Å²) in [6, 6.07) is 0.155. The molecular weight excluding hydrogens is 178 g/mol. The number of amides is 2. The molecule has 0 spiro atoms. The summed E-state index contributed by atoms with van der Waals surface area (Å²) in [6.45, 7) is 5.29. The monoisotopic (exact) mass is 199 g/mol. The van der Waals surface area contributed by atoms with Crippen LogP contribution in [0.25, 0.3) is 0 Å². The van der Waals surface area contributed by atoms with Crippen molar-refractivity contribution in [1.82, 2.24) is 9.80 Å². The predicted octanol–water partition coefficient (Wildman–Crippen LogP) is 0.729. The van der Waals surface area contributed by atoms with Gasteiger partial charge in [0, 0.05) is 26.7 Å². The molecule has 2 amide bonds. The van der Waals surface area contributed by atoms with Gasteiger partial charge in [0.1, 0.15) is 0 Å². The summed E-state index contributed by atoms with van der Waals surface area (Å²) in [5.41, 5.74) is 5.52. The Labute approximate surface area is 86.0 Å². The van der Waals surface area contributed by atoms with Gasteiger partial charge in [-0.15, -0.1) is 0 Å². The molecule has 4 heteroatoms. The van der Waals surface area contributed by atoms with Crippen LogP contribution >= 0.6 is 0 Å². The smallest absolute Gasteiger partial charge is 0.319 e. The SMILES string of the molecule is CC(CN)CN(C)C(=O)N1CCCC1. The molecule has 14 heavy (non-hydrogen) atoms. The lowest BCUT2D eigenvalue weighted by atomic mass is 10.2. The van der Waals surface area contributed by atoms with Crippen molar-refractivity contribution in [3.8, 4) is 0 Å². The Morgan fingerprint density at radius 3 is 2.57 bits per heavy atom. The van der Waals surface area contributed by atoms with Gasteiger partial charge in [0.05, 0.1) is 0 Å². The van der Waals surface area contributed by atoms with Crippen LogP contribution in [0.1, 0.15) is 19.8 Å². The van der Waals surface area contributed by atoms with Gasteiger partial charge in [-0.25, -0.2) is 4.79 Å². The van der Waals surface area contributed by atoms with Crippen molar-refractivity contribution in [1.29, 1.82) is 0 Å². The lowest BCUT2D eigenvalue weighted by molar-refractivity contribution is 0.167. The maximum atomic E-state index is 11.8. The number of nitrogens with zero attached hydrogens (tertiary/aromatic N) is 2. The molecule has 1 saturated heterocycles. The number of likely N-dealkylation sites (tertiary alicyclic amines) is 1. The van der Waals surface area contributed by atoms with Crippen LogP contribution in [0.3, 0.4) is 0 Å². The fraction of sp³-hybridized carbons (Fsp3) is 0.900. The first-order chi connectivity index (χ1) is 6.65. The molecule has 0 bridgehead atoms. The van der Waals surface area contributed by atoms with Crippen LogP contribution < -0.4 is 5.73 Å². The highest BCUT2D eigenvalue weighted by molar-refractivity contribution is 5.74. The van der Waals surface area contributed by atoms with Crippen molar-refractivity contribution < 1.29 is 4.79 Å². The Bertz CT molecular complexity index is 190. The van der Waals surface area contributed by atoms with Gasteiger partial charge in [0.25, 0.3) is 0 Å². The topological polar surface area (TPSA) is 49.6 Å². The van der Waals surface area contributed by atoms with Crippen LogP contribution in [0.5, 0.6) is 0 Å². The first-order valence-corrected chi connectivity index (χ1v) is 5.35. The predicted molar refractivity (Wildman–Crippen MR) is 57.1 cm³/mol. The minimum atomic E-state index is 0.155. The minimum absolute atomic E-state index is 0.155. The van der Waals surface area contributed by atoms with Gasteiger partial charge in [-0.3, -0.25) is 0 Å². The number of nitrogens with two attached hydrogens (primary N) is 1. The molecule has 1 unspecified atom stereocenters. The van der Waals surface area contributed by atoms with E-state index in [4.69, 9.17) is 5.73 Å². The van der Waals surface area contributed by atoms with Gasteiger partial charge in [-0.05, 0) is 25.3 Å². The Morgan fingerprint density at radius 1 is 1.50 bits per heavy atom. The number of urea groups is 1. The summed E-state index contributed by atoms with van der Waals surface area (Å²) in [4.78, 5) is 15.5. The molecular formula is C10H21N3O. The number of carbonyl (C=O) groups excluding carboxylic acids is 1. The fourth-order valence-electron chi connectivity index (χ4n) is 1.77. The second-order valence-corrected chi connectivity index (χ2v) is 4.20. The van der Waals surface area contributed by atoms with Gasteiger partial charge in [-0.2, -0.15) is 0 Å². The highest BCUT2D eigenvalue weighted by atomic mass is 16.2. The van der Waals surface area contributed by atoms with Gasteiger partial charge < -0.3 is 15.5 Å². The second kappa shape index (κ2) is 5.20. The summed E-state index contributed by atoms with van der Waals surface area (Å²) >= 11 is 0. The van der Waals surface area contributed by atoms with E-state index in [1.165, 1.54) is 0 Å². The summed E-state index contributed by atoms with van der Waals surface area (Å²) < 4.78 is 0. The normalized spacial score (nSPS) is 18.4. The van der Waals surface area contributed by atoms with Gasteiger partial charge in [0.15, 0.2) is 0 Å². The van der Waals surface area contributed by atoms with Crippen LogP contribution in [-0.2, 0) is 0 Å². The van der Waals surface area contributed by atoms with E-state index < -0.39 is 0 Å². The molecule has 1 aliphatic heterocycles. The van der Waals surface area contributed by atoms with Gasteiger partial charge in [-0.1, -0.05) is 6.92 Å². The van der Waals surface area contributed by atoms with Crippen LogP contribution in [0.15, 0.2) is 0 Å². The number of rotatable bonds is 3. The third-order valence-electron chi connectivity index (χ3n) is 2.69. The molecule has 4 nitrogen and oxygen atoms in total. The van der Waals surface area contributed by atoms with Crippen molar-refractivity contribution in [2.45, 2.75) is 19.8 Å². The van der Waals surface area contributed by atoms with E-state index in [0.29, 0.717) is 12.5 Å². The summed E-state index contributed by atoms with van der Waals surface area (Å²) in [6.07, 6.45) is 2.29. The third-order valence-corrected chi connectivity index (χ3v) is 2.69. The Hall–Kier alpha value is -0.770. The first kappa shape index (κ1) is 11.3. The molecule has 0 aromatic heterocycles. The van der Waals surface area contributed by atoms with E-state index in [-0.39, 0.29) is 6.03 Å². The van der Waals surface area contributed by atoms with E-state index in [0.717, 1.165) is 32.5 Å². The van der Waals surface area contributed by atoms with Crippen molar-refractivity contribution in [2.75, 3.05) is 33.2 Å². The van der Waals surface area contributed by atoms with Crippen LogP contribution in [0, 0.1) is 5.92 Å². The molecule has 1 heterocycles. The maximum Gasteiger partial charge on any atom is 0.319 e. The van der Waals surface area contributed by atoms with E-state index in [2.05, 4.69) is 6.92 Å². The van der Waals surface area contributed by atoms with Crippen molar-refractivity contribution in [2.24, 2.45) is 11.7 Å². The van der Waals surface area contributed by atoms with Gasteiger partial charge >= 0.3 is 6.03 Å². The molecule has 82 valence electrons. The first-order valence-electron chi connectivity index (χ1n) is 5.35. The quantitative estimate of drug-likeness (QED) is 0.728. The Morgan fingerprint density at radius 2 is 2.07 bits per heavy atom. The van der Waals surface area contributed by atoms with E-state index in [1.54, 1.807) is 4.90 Å². The zero-order valence-corrected chi connectivity index (χ0v) is 9.20. The third kappa shape index (κ3) is 2.87. The van der Waals surface area contributed by atoms with Crippen molar-refractivity contribution in [3.63, 3.8) is 0 Å². The molecule has 0 aliphatic carbocycles. The summed E-state index contributed by atoms with van der Waals surface area (Å²) in [7, 11) is 1.85. The van der Waals surface area contributed by atoms with E-state index >= 15 is 0 Å². The number of hydrogen-bond acceptors (Lipinski definition) is 2. The van der Waals surface area contributed by atoms with Crippen molar-refractivity contribution >= 4 is 6.03 Å². The van der Waals surface area contributed by atoms with Crippen LogP contribution in [0.4, 0.5) is 4.79 Å². The summed E-state index contributed by atoms with van der Waals surface area (Å²) in [5, 5.41) is 0.